The number of aliphatic hydroxyl groups excluding tert-OH is 1. The van der Waals surface area contributed by atoms with Gasteiger partial charge < -0.3 is 14.6 Å². The summed E-state index contributed by atoms with van der Waals surface area (Å²) < 4.78 is 8.76. The Kier molecular flexibility index (Phi) is 6.74. The molecule has 0 radical (unpaired) electrons. The molecule has 0 aromatic heterocycles. The second-order valence-corrected chi connectivity index (χ2v) is 2.79. The highest BCUT2D eigenvalue weighted by molar-refractivity contribution is 5.71. The van der Waals surface area contributed by atoms with Crippen LogP contribution in [-0.4, -0.2) is 23.5 Å². The van der Waals surface area contributed by atoms with Gasteiger partial charge in [-0.1, -0.05) is 13.8 Å². The Balaban J connectivity index is 3.68. The molecule has 0 spiro atoms. The van der Waals surface area contributed by atoms with Crippen molar-refractivity contribution in [2.75, 3.05) is 0 Å². The molecule has 0 aliphatic rings. The summed E-state index contributed by atoms with van der Waals surface area (Å²) in [5.74, 6) is -1.16. The third-order valence-electron chi connectivity index (χ3n) is 1.37. The normalized spacial score (nSPS) is 10.0. The summed E-state index contributed by atoms with van der Waals surface area (Å²) in [5, 5.41) is 8.96. The van der Waals surface area contributed by atoms with Gasteiger partial charge in [0.15, 0.2) is 0 Å². The summed E-state index contributed by atoms with van der Waals surface area (Å²) in [4.78, 5) is 21.6. The lowest BCUT2D eigenvalue weighted by atomic mass is 10.3. The number of aliphatic hydroxyl groups is 1. The van der Waals surface area contributed by atoms with Crippen molar-refractivity contribution >= 4 is 11.9 Å². The molecule has 0 aromatic carbocycles. The summed E-state index contributed by atoms with van der Waals surface area (Å²) in [6, 6.07) is 0. The molecule has 0 saturated carbocycles. The molecule has 0 fully saturated rings. The van der Waals surface area contributed by atoms with E-state index in [1.165, 1.54) is 0 Å². The van der Waals surface area contributed by atoms with Crippen molar-refractivity contribution in [2.24, 2.45) is 0 Å². The van der Waals surface area contributed by atoms with Gasteiger partial charge >= 0.3 is 18.4 Å². The average molecular weight is 204 g/mol. The molecule has 1 N–H and O–H groups in total. The van der Waals surface area contributed by atoms with Crippen LogP contribution < -0.4 is 0 Å². The van der Waals surface area contributed by atoms with Crippen molar-refractivity contribution in [2.45, 2.75) is 46.0 Å². The summed E-state index contributed by atoms with van der Waals surface area (Å²) in [6.07, 6.45) is 1.63. The Morgan fingerprint density at radius 1 is 1.07 bits per heavy atom. The maximum absolute atomic E-state index is 10.8. The van der Waals surface area contributed by atoms with Crippen LogP contribution >= 0.6 is 0 Å². The van der Waals surface area contributed by atoms with Crippen molar-refractivity contribution in [1.29, 1.82) is 0 Å². The Bertz CT molecular complexity index is 170. The second kappa shape index (κ2) is 7.32. The van der Waals surface area contributed by atoms with Gasteiger partial charge in [-0.3, -0.25) is 9.59 Å². The number of hydrogen-bond donors (Lipinski definition) is 1. The maximum atomic E-state index is 10.8. The van der Waals surface area contributed by atoms with Crippen LogP contribution in [0.2, 0.25) is 0 Å². The Hall–Kier alpha value is -1.10. The van der Waals surface area contributed by atoms with Crippen molar-refractivity contribution < 1.29 is 24.2 Å². The lowest BCUT2D eigenvalue weighted by Crippen LogP contribution is -2.23. The molecular weight excluding hydrogens is 188 g/mol. The minimum absolute atomic E-state index is 0.197. The van der Waals surface area contributed by atoms with Gasteiger partial charge in [0.25, 0.3) is 0 Å². The zero-order valence-electron chi connectivity index (χ0n) is 8.49. The molecule has 0 unspecified atom stereocenters. The molecule has 0 aliphatic heterocycles. The fourth-order valence-electron chi connectivity index (χ4n) is 0.775. The van der Waals surface area contributed by atoms with E-state index in [0.29, 0.717) is 12.8 Å². The molecule has 0 saturated heterocycles. The van der Waals surface area contributed by atoms with Crippen LogP contribution in [0, 0.1) is 0 Å². The fraction of sp³-hybridized carbons (Fsp3) is 0.778. The number of carbonyl (C=O) groups is 2. The summed E-state index contributed by atoms with van der Waals surface area (Å²) in [5.41, 5.74) is 0. The van der Waals surface area contributed by atoms with E-state index in [0.717, 1.165) is 0 Å². The maximum Gasteiger partial charge on any atom is 0.362 e. The predicted octanol–water partition coefficient (Wildman–Crippen LogP) is 0.949. The standard InChI is InChI=1S/C9H16O5/c1-3-5-7(10)13-9(12)14-8(11)6-4-2/h9,12H,3-6H2,1-2H3. The molecule has 0 bridgehead atoms. The number of esters is 2. The van der Waals surface area contributed by atoms with Crippen LogP contribution in [0.15, 0.2) is 0 Å². The molecule has 0 rings (SSSR count). The summed E-state index contributed by atoms with van der Waals surface area (Å²) >= 11 is 0. The Labute approximate surface area is 83.0 Å². The van der Waals surface area contributed by atoms with Crippen LogP contribution in [0.5, 0.6) is 0 Å². The van der Waals surface area contributed by atoms with Gasteiger partial charge in [-0.05, 0) is 12.8 Å². The number of rotatable bonds is 6. The van der Waals surface area contributed by atoms with E-state index in [1.54, 1.807) is 13.8 Å². The molecule has 0 aliphatic carbocycles. The van der Waals surface area contributed by atoms with E-state index in [9.17, 15) is 9.59 Å². The van der Waals surface area contributed by atoms with Crippen molar-refractivity contribution in [3.05, 3.63) is 0 Å². The fourth-order valence-corrected chi connectivity index (χ4v) is 0.775. The zero-order valence-corrected chi connectivity index (χ0v) is 8.49. The molecule has 14 heavy (non-hydrogen) atoms. The molecule has 5 heteroatoms. The largest absolute Gasteiger partial charge is 0.400 e. The van der Waals surface area contributed by atoms with Crippen LogP contribution in [0.3, 0.4) is 0 Å². The topological polar surface area (TPSA) is 72.8 Å². The minimum Gasteiger partial charge on any atom is -0.400 e. The Morgan fingerprint density at radius 2 is 1.43 bits per heavy atom. The minimum atomic E-state index is -1.77. The van der Waals surface area contributed by atoms with Gasteiger partial charge in [-0.15, -0.1) is 0 Å². The van der Waals surface area contributed by atoms with Gasteiger partial charge in [-0.2, -0.15) is 0 Å². The highest BCUT2D eigenvalue weighted by Crippen LogP contribution is 1.99. The first-order chi connectivity index (χ1) is 6.60. The van der Waals surface area contributed by atoms with E-state index in [-0.39, 0.29) is 12.8 Å². The van der Waals surface area contributed by atoms with Crippen molar-refractivity contribution in [3.8, 4) is 0 Å². The van der Waals surface area contributed by atoms with Gasteiger partial charge in [0, 0.05) is 12.8 Å². The van der Waals surface area contributed by atoms with E-state index in [4.69, 9.17) is 5.11 Å². The molecule has 0 atom stereocenters. The first kappa shape index (κ1) is 12.9. The first-order valence-corrected chi connectivity index (χ1v) is 4.67. The number of hydrogen-bond acceptors (Lipinski definition) is 5. The highest BCUT2D eigenvalue weighted by Gasteiger charge is 2.14. The smallest absolute Gasteiger partial charge is 0.362 e. The molecule has 82 valence electrons. The van der Waals surface area contributed by atoms with E-state index in [2.05, 4.69) is 9.47 Å². The lowest BCUT2D eigenvalue weighted by molar-refractivity contribution is -0.246. The SMILES string of the molecule is CCCC(=O)OC(O)OC(=O)CCC. The zero-order chi connectivity index (χ0) is 11.0. The molecule has 0 amide bonds. The molecule has 0 heterocycles. The highest BCUT2D eigenvalue weighted by atomic mass is 16.8. The quantitative estimate of drug-likeness (QED) is 0.515. The van der Waals surface area contributed by atoms with Crippen LogP contribution in [0.25, 0.3) is 0 Å². The van der Waals surface area contributed by atoms with Crippen LogP contribution in [0.1, 0.15) is 39.5 Å². The van der Waals surface area contributed by atoms with E-state index >= 15 is 0 Å². The lowest BCUT2D eigenvalue weighted by Gasteiger charge is -2.11. The van der Waals surface area contributed by atoms with E-state index in [1.807, 2.05) is 0 Å². The van der Waals surface area contributed by atoms with Crippen LogP contribution in [0.4, 0.5) is 0 Å². The van der Waals surface area contributed by atoms with Gasteiger partial charge in [0.2, 0.25) is 0 Å². The van der Waals surface area contributed by atoms with Crippen LogP contribution in [-0.2, 0) is 19.1 Å². The van der Waals surface area contributed by atoms with Crippen molar-refractivity contribution in [1.82, 2.24) is 0 Å². The summed E-state index contributed by atoms with van der Waals surface area (Å²) in [7, 11) is 0. The number of carbonyl (C=O) groups excluding carboxylic acids is 2. The van der Waals surface area contributed by atoms with Gasteiger partial charge in [-0.25, -0.2) is 0 Å². The predicted molar refractivity (Wildman–Crippen MR) is 48.0 cm³/mol. The van der Waals surface area contributed by atoms with Gasteiger partial charge in [0.05, 0.1) is 0 Å². The summed E-state index contributed by atoms with van der Waals surface area (Å²) in [6.45, 7) is 1.83. The average Bonchev–Trinajstić information content (AvgIpc) is 2.03. The Morgan fingerprint density at radius 3 is 1.71 bits per heavy atom. The van der Waals surface area contributed by atoms with Crippen molar-refractivity contribution in [3.63, 3.8) is 0 Å². The monoisotopic (exact) mass is 204 g/mol. The second-order valence-electron chi connectivity index (χ2n) is 2.79. The molecular formula is C9H16O5. The van der Waals surface area contributed by atoms with Gasteiger partial charge in [0.1, 0.15) is 0 Å². The third-order valence-corrected chi connectivity index (χ3v) is 1.37. The first-order valence-electron chi connectivity index (χ1n) is 4.67. The molecule has 0 aromatic rings. The third kappa shape index (κ3) is 6.42. The number of ether oxygens (including phenoxy) is 2. The van der Waals surface area contributed by atoms with E-state index < -0.39 is 18.4 Å². The molecule has 5 nitrogen and oxygen atoms in total.